The minimum Gasteiger partial charge on any atom is -0.380 e. The second-order valence-corrected chi connectivity index (χ2v) is 4.19. The van der Waals surface area contributed by atoms with Gasteiger partial charge in [0.1, 0.15) is 5.78 Å². The number of ether oxygens (including phenoxy) is 1. The quantitative estimate of drug-likeness (QED) is 0.613. The maximum absolute atomic E-state index is 11.4. The van der Waals surface area contributed by atoms with Gasteiger partial charge in [0.15, 0.2) is 0 Å². The lowest BCUT2D eigenvalue weighted by molar-refractivity contribution is -0.130. The molecule has 0 amide bonds. The van der Waals surface area contributed by atoms with Gasteiger partial charge in [-0.05, 0) is 6.42 Å². The molecule has 82 valence electrons. The van der Waals surface area contributed by atoms with E-state index in [0.717, 1.165) is 6.42 Å². The van der Waals surface area contributed by atoms with Gasteiger partial charge in [-0.15, -0.1) is 0 Å². The Kier molecular flexibility index (Phi) is 5.85. The van der Waals surface area contributed by atoms with Crippen LogP contribution in [0, 0.1) is 5.92 Å². The average Bonchev–Trinajstić information content (AvgIpc) is 2.20. The predicted molar refractivity (Wildman–Crippen MR) is 57.3 cm³/mol. The molecule has 0 saturated carbocycles. The number of unbranched alkanes of at least 4 members (excludes halogenated alkanes) is 4. The maximum Gasteiger partial charge on any atom is 0.140 e. The highest BCUT2D eigenvalue weighted by molar-refractivity contribution is 5.81. The zero-order valence-corrected chi connectivity index (χ0v) is 9.26. The average molecular weight is 198 g/mol. The molecule has 1 heterocycles. The van der Waals surface area contributed by atoms with E-state index in [9.17, 15) is 4.79 Å². The number of rotatable bonds is 6. The van der Waals surface area contributed by atoms with Gasteiger partial charge in [-0.3, -0.25) is 4.79 Å². The Labute approximate surface area is 87.0 Å². The molecular weight excluding hydrogens is 176 g/mol. The SMILES string of the molecule is CCCCCCCC1COCCC1=O. The molecule has 2 nitrogen and oxygen atoms in total. The summed E-state index contributed by atoms with van der Waals surface area (Å²) < 4.78 is 5.31. The third kappa shape index (κ3) is 4.23. The van der Waals surface area contributed by atoms with Crippen molar-refractivity contribution in [3.63, 3.8) is 0 Å². The maximum atomic E-state index is 11.4. The molecule has 1 saturated heterocycles. The Morgan fingerprint density at radius 2 is 2.07 bits per heavy atom. The third-order valence-electron chi connectivity index (χ3n) is 2.92. The molecule has 0 aliphatic carbocycles. The van der Waals surface area contributed by atoms with E-state index in [-0.39, 0.29) is 5.92 Å². The van der Waals surface area contributed by atoms with Crippen molar-refractivity contribution in [2.24, 2.45) is 5.92 Å². The summed E-state index contributed by atoms with van der Waals surface area (Å²) in [6.07, 6.45) is 8.08. The first-order valence-corrected chi connectivity index (χ1v) is 5.95. The Morgan fingerprint density at radius 1 is 1.29 bits per heavy atom. The van der Waals surface area contributed by atoms with Gasteiger partial charge in [0.25, 0.3) is 0 Å². The molecule has 1 unspecified atom stereocenters. The Morgan fingerprint density at radius 3 is 2.79 bits per heavy atom. The van der Waals surface area contributed by atoms with Crippen LogP contribution in [0.25, 0.3) is 0 Å². The normalized spacial score (nSPS) is 22.6. The largest absolute Gasteiger partial charge is 0.380 e. The molecular formula is C12H22O2. The Bertz CT molecular complexity index is 166. The van der Waals surface area contributed by atoms with Crippen LogP contribution in [0.1, 0.15) is 51.9 Å². The molecule has 14 heavy (non-hydrogen) atoms. The van der Waals surface area contributed by atoms with Crippen molar-refractivity contribution in [3.05, 3.63) is 0 Å². The molecule has 0 spiro atoms. The fraction of sp³-hybridized carbons (Fsp3) is 0.917. The number of carbonyl (C=O) groups is 1. The highest BCUT2D eigenvalue weighted by atomic mass is 16.5. The Balaban J connectivity index is 2.02. The molecule has 0 aromatic carbocycles. The van der Waals surface area contributed by atoms with Crippen LogP contribution in [0.5, 0.6) is 0 Å². The summed E-state index contributed by atoms with van der Waals surface area (Å²) in [7, 11) is 0. The van der Waals surface area contributed by atoms with Crippen molar-refractivity contribution in [2.75, 3.05) is 13.2 Å². The monoisotopic (exact) mass is 198 g/mol. The molecule has 0 radical (unpaired) electrons. The molecule has 1 fully saturated rings. The number of Topliss-reactive ketones (excluding diaryl/α,β-unsaturated/α-hetero) is 1. The smallest absolute Gasteiger partial charge is 0.140 e. The van der Waals surface area contributed by atoms with Crippen molar-refractivity contribution >= 4 is 5.78 Å². The zero-order chi connectivity index (χ0) is 10.2. The van der Waals surface area contributed by atoms with Gasteiger partial charge < -0.3 is 4.74 Å². The van der Waals surface area contributed by atoms with Crippen LogP contribution in [0.3, 0.4) is 0 Å². The second-order valence-electron chi connectivity index (χ2n) is 4.19. The first-order chi connectivity index (χ1) is 6.84. The van der Waals surface area contributed by atoms with Crippen molar-refractivity contribution in [2.45, 2.75) is 51.9 Å². The van der Waals surface area contributed by atoms with E-state index in [1.807, 2.05) is 0 Å². The van der Waals surface area contributed by atoms with Crippen LogP contribution in [0.4, 0.5) is 0 Å². The topological polar surface area (TPSA) is 26.3 Å². The highest BCUT2D eigenvalue weighted by Gasteiger charge is 2.21. The van der Waals surface area contributed by atoms with Gasteiger partial charge in [0.05, 0.1) is 13.2 Å². The van der Waals surface area contributed by atoms with E-state index in [1.54, 1.807) is 0 Å². The number of hydrogen-bond acceptors (Lipinski definition) is 2. The van der Waals surface area contributed by atoms with Crippen LogP contribution >= 0.6 is 0 Å². The van der Waals surface area contributed by atoms with E-state index >= 15 is 0 Å². The highest BCUT2D eigenvalue weighted by Crippen LogP contribution is 2.17. The molecule has 0 N–H and O–H groups in total. The molecule has 1 atom stereocenters. The molecule has 0 aromatic heterocycles. The number of carbonyl (C=O) groups excluding carboxylic acids is 1. The van der Waals surface area contributed by atoms with Crippen molar-refractivity contribution in [3.8, 4) is 0 Å². The molecule has 1 rings (SSSR count). The summed E-state index contributed by atoms with van der Waals surface area (Å²) in [6.45, 7) is 3.54. The van der Waals surface area contributed by atoms with Gasteiger partial charge >= 0.3 is 0 Å². The summed E-state index contributed by atoms with van der Waals surface area (Å²) in [6, 6.07) is 0. The van der Waals surface area contributed by atoms with Gasteiger partial charge in [0.2, 0.25) is 0 Å². The lowest BCUT2D eigenvalue weighted by Gasteiger charge is -2.20. The summed E-state index contributed by atoms with van der Waals surface area (Å²) in [5.74, 6) is 0.636. The summed E-state index contributed by atoms with van der Waals surface area (Å²) >= 11 is 0. The summed E-state index contributed by atoms with van der Waals surface area (Å²) in [5.41, 5.74) is 0. The van der Waals surface area contributed by atoms with Gasteiger partial charge in [0, 0.05) is 12.3 Å². The van der Waals surface area contributed by atoms with Crippen LogP contribution in [-0.4, -0.2) is 19.0 Å². The molecule has 1 aliphatic heterocycles. The standard InChI is InChI=1S/C12H22O2/c1-2-3-4-5-6-7-11-10-14-9-8-12(11)13/h11H,2-10H2,1H3. The van der Waals surface area contributed by atoms with Gasteiger partial charge in [-0.2, -0.15) is 0 Å². The molecule has 2 heteroatoms. The fourth-order valence-electron chi connectivity index (χ4n) is 1.93. The number of hydrogen-bond donors (Lipinski definition) is 0. The lowest BCUT2D eigenvalue weighted by atomic mass is 9.94. The van der Waals surface area contributed by atoms with E-state index in [1.165, 1.54) is 32.1 Å². The number of ketones is 1. The van der Waals surface area contributed by atoms with E-state index < -0.39 is 0 Å². The lowest BCUT2D eigenvalue weighted by Crippen LogP contribution is -2.27. The Hall–Kier alpha value is -0.370. The van der Waals surface area contributed by atoms with Crippen molar-refractivity contribution in [1.82, 2.24) is 0 Å². The summed E-state index contributed by atoms with van der Waals surface area (Å²) in [4.78, 5) is 11.4. The van der Waals surface area contributed by atoms with Gasteiger partial charge in [-0.1, -0.05) is 39.0 Å². The fourth-order valence-corrected chi connectivity index (χ4v) is 1.93. The first-order valence-electron chi connectivity index (χ1n) is 5.95. The summed E-state index contributed by atoms with van der Waals surface area (Å²) in [5, 5.41) is 0. The first kappa shape index (κ1) is 11.7. The van der Waals surface area contributed by atoms with Crippen LogP contribution in [0.15, 0.2) is 0 Å². The van der Waals surface area contributed by atoms with Crippen LogP contribution in [0.2, 0.25) is 0 Å². The molecule has 1 aliphatic rings. The van der Waals surface area contributed by atoms with E-state index in [0.29, 0.717) is 25.4 Å². The minimum absolute atomic E-state index is 0.213. The van der Waals surface area contributed by atoms with Crippen molar-refractivity contribution in [1.29, 1.82) is 0 Å². The van der Waals surface area contributed by atoms with E-state index in [4.69, 9.17) is 4.74 Å². The molecule has 0 aromatic rings. The van der Waals surface area contributed by atoms with Crippen molar-refractivity contribution < 1.29 is 9.53 Å². The predicted octanol–water partition coefficient (Wildman–Crippen LogP) is 2.95. The van der Waals surface area contributed by atoms with Gasteiger partial charge in [-0.25, -0.2) is 0 Å². The third-order valence-corrected chi connectivity index (χ3v) is 2.92. The van der Waals surface area contributed by atoms with Crippen LogP contribution in [-0.2, 0) is 9.53 Å². The molecule has 0 bridgehead atoms. The minimum atomic E-state index is 0.213. The zero-order valence-electron chi connectivity index (χ0n) is 9.26. The second kappa shape index (κ2) is 6.99. The van der Waals surface area contributed by atoms with E-state index in [2.05, 4.69) is 6.92 Å². The van der Waals surface area contributed by atoms with Crippen LogP contribution < -0.4 is 0 Å².